The van der Waals surface area contributed by atoms with E-state index in [2.05, 4.69) is 0 Å². The summed E-state index contributed by atoms with van der Waals surface area (Å²) in [5.41, 5.74) is -27.0. The van der Waals surface area contributed by atoms with E-state index in [-0.39, 0.29) is 8.80 Å². The van der Waals surface area contributed by atoms with Crippen molar-refractivity contribution in [3.8, 4) is 0 Å². The highest BCUT2D eigenvalue weighted by atomic mass is 32.3. The predicted octanol–water partition coefficient (Wildman–Crippen LogP) is 5.81. The zero-order chi connectivity index (χ0) is 25.0. The van der Waals surface area contributed by atoms with Crippen LogP contribution in [0.1, 0.15) is 0 Å². The molecule has 0 atom stereocenters. The molecule has 0 heterocycles. The number of halogens is 18. The standard InChI is InChI=1S/C8F18N2OS/c9-3(10,11)1(4(12,13)14)27-30(29,7(21,22)23,8(24,25)26)28-2(5(15,16)17)6(18,19)20. The van der Waals surface area contributed by atoms with Crippen molar-refractivity contribution >= 4 is 20.9 Å². The van der Waals surface area contributed by atoms with Crippen molar-refractivity contribution in [2.24, 2.45) is 8.80 Å². The van der Waals surface area contributed by atoms with E-state index >= 15 is 0 Å². The summed E-state index contributed by atoms with van der Waals surface area (Å²) in [5, 5.41) is 0. The fourth-order valence-electron chi connectivity index (χ4n) is 1.23. The van der Waals surface area contributed by atoms with Crippen molar-refractivity contribution in [1.82, 2.24) is 0 Å². The first-order valence-electron chi connectivity index (χ1n) is 5.79. The highest BCUT2D eigenvalue weighted by Gasteiger charge is 2.80. The Balaban J connectivity index is 8.18. The molecule has 0 aliphatic rings. The highest BCUT2D eigenvalue weighted by Crippen LogP contribution is 2.59. The van der Waals surface area contributed by atoms with Gasteiger partial charge in [0, 0.05) is 0 Å². The van der Waals surface area contributed by atoms with Crippen LogP contribution in [-0.4, -0.2) is 51.4 Å². The number of alkyl halides is 18. The summed E-state index contributed by atoms with van der Waals surface area (Å²) in [7, 11) is -10.9. The maximum atomic E-state index is 12.9. The Morgan fingerprint density at radius 3 is 0.700 bits per heavy atom. The van der Waals surface area contributed by atoms with Crippen molar-refractivity contribution in [3.05, 3.63) is 0 Å². The van der Waals surface area contributed by atoms with Crippen LogP contribution in [0.3, 0.4) is 0 Å². The maximum Gasteiger partial charge on any atom is 0.495 e. The van der Waals surface area contributed by atoms with Crippen LogP contribution < -0.4 is 0 Å². The molecule has 0 bridgehead atoms. The molecule has 0 aromatic rings. The molecule has 3 nitrogen and oxygen atoms in total. The van der Waals surface area contributed by atoms with Crippen LogP contribution in [0.4, 0.5) is 79.0 Å². The largest absolute Gasteiger partial charge is 0.495 e. The fourth-order valence-corrected chi connectivity index (χ4v) is 3.03. The van der Waals surface area contributed by atoms with Crippen LogP contribution in [0.2, 0.25) is 0 Å². The SMILES string of the molecule is O=S(N=C(C(F)(F)F)C(F)(F)F)(N=C(C(F)(F)F)C(F)(F)F)(C(F)(F)F)C(F)(F)F. The molecule has 0 rings (SSSR count). The first-order valence-corrected chi connectivity index (χ1v) is 7.67. The van der Waals surface area contributed by atoms with E-state index in [1.807, 2.05) is 0 Å². The van der Waals surface area contributed by atoms with Gasteiger partial charge in [0.05, 0.1) is 0 Å². The van der Waals surface area contributed by atoms with E-state index in [4.69, 9.17) is 0 Å². The van der Waals surface area contributed by atoms with Gasteiger partial charge in [-0.05, 0) is 0 Å². The zero-order valence-corrected chi connectivity index (χ0v) is 13.3. The Labute approximate surface area is 150 Å². The average molecular weight is 514 g/mol. The van der Waals surface area contributed by atoms with Crippen molar-refractivity contribution < 1.29 is 83.2 Å². The minimum atomic E-state index is -10.9. The number of hydrogen-bond acceptors (Lipinski definition) is 1. The van der Waals surface area contributed by atoms with Crippen molar-refractivity contribution in [1.29, 1.82) is 0 Å². The molecule has 0 fully saturated rings. The Morgan fingerprint density at radius 1 is 0.433 bits per heavy atom. The van der Waals surface area contributed by atoms with Crippen molar-refractivity contribution in [2.75, 3.05) is 0 Å². The molecule has 0 saturated heterocycles. The third-order valence-corrected chi connectivity index (χ3v) is 5.14. The van der Waals surface area contributed by atoms with Gasteiger partial charge in [0.1, 0.15) is 0 Å². The van der Waals surface area contributed by atoms with E-state index in [1.54, 1.807) is 0 Å². The topological polar surface area (TPSA) is 41.8 Å². The minimum Gasteiger partial charge on any atom is -0.223 e. The highest BCUT2D eigenvalue weighted by molar-refractivity contribution is 8.19. The molecule has 22 heteroatoms. The first kappa shape index (κ1) is 28.2. The lowest BCUT2D eigenvalue weighted by molar-refractivity contribution is -0.118. The van der Waals surface area contributed by atoms with E-state index in [9.17, 15) is 83.2 Å². The monoisotopic (exact) mass is 514 g/mol. The molecule has 0 radical (unpaired) electrons. The van der Waals surface area contributed by atoms with Gasteiger partial charge in [0.15, 0.2) is 0 Å². The van der Waals surface area contributed by atoms with Gasteiger partial charge in [-0.3, -0.25) is 0 Å². The van der Waals surface area contributed by atoms with E-state index in [0.717, 1.165) is 0 Å². The van der Waals surface area contributed by atoms with Crippen LogP contribution >= 0.6 is 0 Å². The second-order valence-electron chi connectivity index (χ2n) is 4.63. The van der Waals surface area contributed by atoms with Crippen LogP contribution in [0.5, 0.6) is 0 Å². The Kier molecular flexibility index (Phi) is 6.46. The predicted molar refractivity (Wildman–Crippen MR) is 59.3 cm³/mol. The third kappa shape index (κ3) is 4.92. The van der Waals surface area contributed by atoms with Gasteiger partial charge < -0.3 is 0 Å². The van der Waals surface area contributed by atoms with Gasteiger partial charge >= 0.3 is 35.7 Å². The summed E-state index contributed by atoms with van der Waals surface area (Å²) in [4.78, 5) is 0. The molecule has 0 aromatic heterocycles. The normalized spacial score (nSPS) is 16.5. The second kappa shape index (κ2) is 6.87. The summed E-state index contributed by atoms with van der Waals surface area (Å²) in [6, 6.07) is 0. The first-order chi connectivity index (χ1) is 12.5. The fraction of sp³-hybridized carbons (Fsp3) is 0.750. The molecule has 0 aliphatic carbocycles. The number of nitrogens with zero attached hydrogens (tertiary/aromatic N) is 2. The lowest BCUT2D eigenvalue weighted by atomic mass is 10.4. The number of hydrogen-bond donors (Lipinski definition) is 0. The van der Waals surface area contributed by atoms with Crippen molar-refractivity contribution in [3.63, 3.8) is 0 Å². The van der Waals surface area contributed by atoms with Gasteiger partial charge in [-0.15, -0.1) is 0 Å². The molecule has 0 saturated carbocycles. The second-order valence-corrected chi connectivity index (χ2v) is 7.65. The van der Waals surface area contributed by atoms with Crippen LogP contribution in [0, 0.1) is 0 Å². The van der Waals surface area contributed by atoms with E-state index in [0.29, 0.717) is 0 Å². The molecule has 0 aliphatic heterocycles. The lowest BCUT2D eigenvalue weighted by Crippen LogP contribution is -2.58. The van der Waals surface area contributed by atoms with Crippen molar-refractivity contribution in [2.45, 2.75) is 35.7 Å². The lowest BCUT2D eigenvalue weighted by Gasteiger charge is -2.38. The average Bonchev–Trinajstić information content (AvgIpc) is 2.34. The summed E-state index contributed by atoms with van der Waals surface area (Å²) in [6.45, 7) is 0. The van der Waals surface area contributed by atoms with E-state index < -0.39 is 56.6 Å². The molecular formula is C8F18N2OS. The minimum absolute atomic E-state index is 0.127. The van der Waals surface area contributed by atoms with Gasteiger partial charge in [0.2, 0.25) is 11.4 Å². The van der Waals surface area contributed by atoms with Gasteiger partial charge in [-0.1, -0.05) is 0 Å². The Morgan fingerprint density at radius 2 is 0.600 bits per heavy atom. The summed E-state index contributed by atoms with van der Waals surface area (Å²) in [5.74, 6) is 0. The molecular weight excluding hydrogens is 514 g/mol. The molecule has 0 N–H and O–H groups in total. The maximum absolute atomic E-state index is 12.9. The molecule has 30 heavy (non-hydrogen) atoms. The van der Waals surface area contributed by atoms with E-state index in [1.165, 1.54) is 0 Å². The van der Waals surface area contributed by atoms with Crippen LogP contribution in [0.25, 0.3) is 0 Å². The van der Waals surface area contributed by atoms with Crippen LogP contribution in [0.15, 0.2) is 8.80 Å². The van der Waals surface area contributed by atoms with Gasteiger partial charge in [-0.2, -0.15) is 87.8 Å². The van der Waals surface area contributed by atoms with Gasteiger partial charge in [0.25, 0.3) is 9.44 Å². The zero-order valence-electron chi connectivity index (χ0n) is 12.5. The van der Waals surface area contributed by atoms with Gasteiger partial charge in [-0.25, -0.2) is 4.21 Å². The summed E-state index contributed by atoms with van der Waals surface area (Å²) < 4.78 is 236. The molecule has 180 valence electrons. The van der Waals surface area contributed by atoms with Crippen LogP contribution in [-0.2, 0) is 9.44 Å². The summed E-state index contributed by atoms with van der Waals surface area (Å²) in [6.07, 6.45) is -29.7. The summed E-state index contributed by atoms with van der Waals surface area (Å²) >= 11 is 0. The quantitative estimate of drug-likeness (QED) is 0.339. The Bertz CT molecular complexity index is 682. The Hall–Kier alpha value is -1.77. The number of rotatable bonds is 2. The molecule has 0 aromatic carbocycles. The smallest absolute Gasteiger partial charge is 0.223 e. The molecule has 0 spiro atoms. The third-order valence-electron chi connectivity index (χ3n) is 2.43. The molecule has 0 unspecified atom stereocenters. The molecule has 0 amide bonds.